The van der Waals surface area contributed by atoms with E-state index in [4.69, 9.17) is 0 Å². The lowest BCUT2D eigenvalue weighted by molar-refractivity contribution is -0.143. The van der Waals surface area contributed by atoms with Crippen LogP contribution in [0.1, 0.15) is 40.7 Å². The Kier molecular flexibility index (Phi) is 4.71. The summed E-state index contributed by atoms with van der Waals surface area (Å²) < 4.78 is 77.7. The molecule has 0 aliphatic carbocycles. The summed E-state index contributed by atoms with van der Waals surface area (Å²) in [4.78, 5) is 13.9. The molecule has 2 aliphatic heterocycles. The standard InChI is InChI=1S/C17H18F6N2O/c18-16(19,20)12-7-11(8-13(9-12)17(21,22)23)14(26)25-5-2-15(3-6-25)1-4-24-10-15/h7-9,24H,1-6,10H2. The van der Waals surface area contributed by atoms with Crippen molar-refractivity contribution in [1.82, 2.24) is 10.2 Å². The van der Waals surface area contributed by atoms with Gasteiger partial charge in [-0.3, -0.25) is 4.79 Å². The molecule has 3 rings (SSSR count). The maximum atomic E-state index is 12.9. The van der Waals surface area contributed by atoms with Crippen molar-refractivity contribution in [2.75, 3.05) is 26.2 Å². The molecule has 1 spiro atoms. The Morgan fingerprint density at radius 1 is 0.923 bits per heavy atom. The molecule has 1 aromatic carbocycles. The zero-order chi connectivity index (χ0) is 19.2. The third-order valence-electron chi connectivity index (χ3n) is 5.28. The summed E-state index contributed by atoms with van der Waals surface area (Å²) in [6.07, 6.45) is -7.57. The quantitative estimate of drug-likeness (QED) is 0.749. The van der Waals surface area contributed by atoms with Crippen LogP contribution in [0.5, 0.6) is 0 Å². The first-order valence-electron chi connectivity index (χ1n) is 8.30. The summed E-state index contributed by atoms with van der Waals surface area (Å²) in [6.45, 7) is 2.38. The molecule has 0 aromatic heterocycles. The molecule has 1 aromatic rings. The number of nitrogens with zero attached hydrogens (tertiary/aromatic N) is 1. The lowest BCUT2D eigenvalue weighted by Crippen LogP contribution is -2.44. The van der Waals surface area contributed by atoms with Gasteiger partial charge < -0.3 is 10.2 Å². The van der Waals surface area contributed by atoms with Gasteiger partial charge >= 0.3 is 12.4 Å². The van der Waals surface area contributed by atoms with Crippen molar-refractivity contribution < 1.29 is 31.1 Å². The number of benzene rings is 1. The first kappa shape index (κ1) is 19.0. The molecule has 26 heavy (non-hydrogen) atoms. The van der Waals surface area contributed by atoms with E-state index < -0.39 is 35.0 Å². The number of carbonyl (C=O) groups is 1. The van der Waals surface area contributed by atoms with Crippen molar-refractivity contribution in [2.45, 2.75) is 31.6 Å². The highest BCUT2D eigenvalue weighted by Crippen LogP contribution is 2.39. The van der Waals surface area contributed by atoms with Crippen molar-refractivity contribution in [1.29, 1.82) is 0 Å². The van der Waals surface area contributed by atoms with Crippen LogP contribution in [0.15, 0.2) is 18.2 Å². The molecular formula is C17H18F6N2O. The maximum Gasteiger partial charge on any atom is 0.416 e. The Morgan fingerprint density at radius 2 is 1.46 bits per heavy atom. The smallest absolute Gasteiger partial charge is 0.339 e. The topological polar surface area (TPSA) is 32.3 Å². The van der Waals surface area contributed by atoms with Crippen LogP contribution in [-0.2, 0) is 12.4 Å². The molecule has 0 radical (unpaired) electrons. The molecule has 9 heteroatoms. The van der Waals surface area contributed by atoms with Gasteiger partial charge in [-0.05, 0) is 49.4 Å². The fourth-order valence-electron chi connectivity index (χ4n) is 3.67. The van der Waals surface area contributed by atoms with Crippen LogP contribution < -0.4 is 5.32 Å². The minimum absolute atomic E-state index is 0.0339. The van der Waals surface area contributed by atoms with Crippen LogP contribution in [0.3, 0.4) is 0 Å². The number of rotatable bonds is 1. The van der Waals surface area contributed by atoms with E-state index >= 15 is 0 Å². The van der Waals surface area contributed by atoms with Gasteiger partial charge in [0.05, 0.1) is 11.1 Å². The van der Waals surface area contributed by atoms with Crippen LogP contribution in [0, 0.1) is 5.41 Å². The third-order valence-corrected chi connectivity index (χ3v) is 5.28. The SMILES string of the molecule is O=C(c1cc(C(F)(F)F)cc(C(F)(F)F)c1)N1CCC2(CCNC2)CC1. The van der Waals surface area contributed by atoms with Gasteiger partial charge in [-0.25, -0.2) is 0 Å². The molecular weight excluding hydrogens is 362 g/mol. The Hall–Kier alpha value is -1.77. The van der Waals surface area contributed by atoms with Crippen molar-refractivity contribution in [2.24, 2.45) is 5.41 Å². The van der Waals surface area contributed by atoms with Crippen LogP contribution in [0.2, 0.25) is 0 Å². The molecule has 0 atom stereocenters. The highest BCUT2D eigenvalue weighted by atomic mass is 19.4. The largest absolute Gasteiger partial charge is 0.416 e. The average molecular weight is 380 g/mol. The van der Waals surface area contributed by atoms with Crippen LogP contribution in [0.4, 0.5) is 26.3 Å². The Morgan fingerprint density at radius 3 is 1.88 bits per heavy atom. The van der Waals surface area contributed by atoms with Crippen molar-refractivity contribution in [3.05, 3.63) is 34.9 Å². The molecule has 2 heterocycles. The summed E-state index contributed by atoms with van der Waals surface area (Å²) in [5.41, 5.74) is -3.43. The van der Waals surface area contributed by atoms with Gasteiger partial charge in [0, 0.05) is 25.2 Å². The van der Waals surface area contributed by atoms with E-state index in [1.54, 1.807) is 0 Å². The first-order chi connectivity index (χ1) is 12.0. The molecule has 0 saturated carbocycles. The first-order valence-corrected chi connectivity index (χ1v) is 8.30. The highest BCUT2D eigenvalue weighted by molar-refractivity contribution is 5.94. The number of halogens is 6. The molecule has 0 unspecified atom stereocenters. The van der Waals surface area contributed by atoms with Crippen LogP contribution in [-0.4, -0.2) is 37.0 Å². The van der Waals surface area contributed by atoms with E-state index in [-0.39, 0.29) is 11.5 Å². The summed E-state index contributed by atoms with van der Waals surface area (Å²) in [7, 11) is 0. The number of piperidine rings is 1. The maximum absolute atomic E-state index is 12.9. The van der Waals surface area contributed by atoms with Gasteiger partial charge in [0.25, 0.3) is 5.91 Å². The van der Waals surface area contributed by atoms with Crippen LogP contribution in [0.25, 0.3) is 0 Å². The second kappa shape index (κ2) is 6.44. The number of alkyl halides is 6. The lowest BCUT2D eigenvalue weighted by atomic mass is 9.78. The monoisotopic (exact) mass is 380 g/mol. The van der Waals surface area contributed by atoms with Crippen molar-refractivity contribution in [3.63, 3.8) is 0 Å². The Balaban J connectivity index is 1.85. The number of nitrogens with one attached hydrogen (secondary N) is 1. The van der Waals surface area contributed by atoms with Gasteiger partial charge in [-0.1, -0.05) is 0 Å². The zero-order valence-electron chi connectivity index (χ0n) is 13.8. The zero-order valence-corrected chi connectivity index (χ0v) is 13.8. The summed E-state index contributed by atoms with van der Waals surface area (Å²) in [5, 5.41) is 3.25. The normalized spacial score (nSPS) is 20.6. The average Bonchev–Trinajstić information content (AvgIpc) is 3.01. The molecule has 3 nitrogen and oxygen atoms in total. The van der Waals surface area contributed by atoms with Gasteiger partial charge in [0.2, 0.25) is 0 Å². The van der Waals surface area contributed by atoms with Crippen LogP contribution >= 0.6 is 0 Å². The third kappa shape index (κ3) is 3.82. The minimum Gasteiger partial charge on any atom is -0.339 e. The van der Waals surface area contributed by atoms with E-state index in [9.17, 15) is 31.1 Å². The van der Waals surface area contributed by atoms with Gasteiger partial charge in [0.15, 0.2) is 0 Å². The van der Waals surface area contributed by atoms with Gasteiger partial charge in [-0.2, -0.15) is 26.3 Å². The molecule has 2 fully saturated rings. The number of amides is 1. The molecule has 1 amide bonds. The number of hydrogen-bond acceptors (Lipinski definition) is 2. The molecule has 2 saturated heterocycles. The second-order valence-corrected chi connectivity index (χ2v) is 7.01. The summed E-state index contributed by atoms with van der Waals surface area (Å²) in [6, 6.07) is 1.03. The van der Waals surface area contributed by atoms with E-state index in [2.05, 4.69) is 5.32 Å². The van der Waals surface area contributed by atoms with E-state index in [0.717, 1.165) is 19.5 Å². The van der Waals surface area contributed by atoms with E-state index in [1.165, 1.54) is 4.90 Å². The summed E-state index contributed by atoms with van der Waals surface area (Å²) >= 11 is 0. The van der Waals surface area contributed by atoms with E-state index in [1.807, 2.05) is 0 Å². The minimum atomic E-state index is -4.96. The molecule has 0 bridgehead atoms. The number of likely N-dealkylation sites (tertiary alicyclic amines) is 1. The molecule has 144 valence electrons. The van der Waals surface area contributed by atoms with E-state index in [0.29, 0.717) is 38.1 Å². The molecule has 2 aliphatic rings. The number of carbonyl (C=O) groups excluding carboxylic acids is 1. The van der Waals surface area contributed by atoms with Crippen molar-refractivity contribution >= 4 is 5.91 Å². The van der Waals surface area contributed by atoms with Gasteiger partial charge in [0.1, 0.15) is 0 Å². The highest BCUT2D eigenvalue weighted by Gasteiger charge is 2.40. The van der Waals surface area contributed by atoms with Crippen molar-refractivity contribution in [3.8, 4) is 0 Å². The Labute approximate surface area is 146 Å². The molecule has 1 N–H and O–H groups in total. The fraction of sp³-hybridized carbons (Fsp3) is 0.588. The second-order valence-electron chi connectivity index (χ2n) is 7.01. The fourth-order valence-corrected chi connectivity index (χ4v) is 3.67. The van der Waals surface area contributed by atoms with Gasteiger partial charge in [-0.15, -0.1) is 0 Å². The predicted molar refractivity (Wildman–Crippen MR) is 81.5 cm³/mol. The predicted octanol–water partition coefficient (Wildman–Crippen LogP) is 3.94. The Bertz CT molecular complexity index is 649. The number of hydrogen-bond donors (Lipinski definition) is 1. The lowest BCUT2D eigenvalue weighted by Gasteiger charge is -2.39. The summed E-state index contributed by atoms with van der Waals surface area (Å²) in [5.74, 6) is -0.789.